The number of rotatable bonds is 3. The maximum atomic E-state index is 12.6. The normalized spacial score (nSPS) is 20.3. The zero-order chi connectivity index (χ0) is 16.7. The molecule has 1 aliphatic heterocycles. The Balaban J connectivity index is 1.50. The fourth-order valence-corrected chi connectivity index (χ4v) is 3.43. The summed E-state index contributed by atoms with van der Waals surface area (Å²) >= 11 is 0. The van der Waals surface area contributed by atoms with Crippen molar-refractivity contribution in [2.45, 2.75) is 37.8 Å². The maximum absolute atomic E-state index is 12.6. The maximum Gasteiger partial charge on any atom is 0.261 e. The molecule has 2 heterocycles. The number of carbonyl (C=O) groups excluding carboxylic acids is 1. The molecule has 0 spiro atoms. The minimum Gasteiger partial charge on any atom is -0.388 e. The summed E-state index contributed by atoms with van der Waals surface area (Å²) < 4.78 is 1.49. The summed E-state index contributed by atoms with van der Waals surface area (Å²) in [5.74, 6) is 0.435. The SMILES string of the molecule is O=C(C1CC1)N1CCC(O)(Cn2cnc3ccccc3c2=O)CC1. The molecule has 0 radical (unpaired) electrons. The van der Waals surface area contributed by atoms with Gasteiger partial charge in [0.1, 0.15) is 0 Å². The van der Waals surface area contributed by atoms with Crippen LogP contribution in [0, 0.1) is 5.92 Å². The average molecular weight is 327 g/mol. The van der Waals surface area contributed by atoms with E-state index in [1.165, 1.54) is 10.9 Å². The second kappa shape index (κ2) is 5.70. The number of likely N-dealkylation sites (tertiary alicyclic amines) is 1. The quantitative estimate of drug-likeness (QED) is 0.918. The number of amides is 1. The van der Waals surface area contributed by atoms with Crippen LogP contribution in [0.2, 0.25) is 0 Å². The predicted octanol–water partition coefficient (Wildman–Crippen LogP) is 1.16. The molecule has 6 heteroatoms. The summed E-state index contributed by atoms with van der Waals surface area (Å²) in [6.45, 7) is 1.33. The molecule has 1 saturated heterocycles. The molecule has 1 aromatic carbocycles. The van der Waals surface area contributed by atoms with Crippen molar-refractivity contribution in [2.75, 3.05) is 13.1 Å². The van der Waals surface area contributed by atoms with Gasteiger partial charge in [-0.3, -0.25) is 14.2 Å². The molecule has 2 aromatic rings. The van der Waals surface area contributed by atoms with Crippen molar-refractivity contribution in [3.63, 3.8) is 0 Å². The molecule has 24 heavy (non-hydrogen) atoms. The molecule has 126 valence electrons. The van der Waals surface area contributed by atoms with Gasteiger partial charge in [-0.2, -0.15) is 0 Å². The van der Waals surface area contributed by atoms with E-state index in [2.05, 4.69) is 4.98 Å². The zero-order valence-corrected chi connectivity index (χ0v) is 13.5. The lowest BCUT2D eigenvalue weighted by molar-refractivity contribution is -0.137. The lowest BCUT2D eigenvalue weighted by Crippen LogP contribution is -2.50. The molecule has 1 aliphatic carbocycles. The second-order valence-electron chi connectivity index (χ2n) is 7.02. The van der Waals surface area contributed by atoms with Crippen LogP contribution in [0.15, 0.2) is 35.4 Å². The number of hydrogen-bond acceptors (Lipinski definition) is 4. The summed E-state index contributed by atoms with van der Waals surface area (Å²) in [5.41, 5.74) is -0.435. The smallest absolute Gasteiger partial charge is 0.261 e. The number of carbonyl (C=O) groups is 1. The largest absolute Gasteiger partial charge is 0.388 e. The van der Waals surface area contributed by atoms with Crippen LogP contribution in [-0.4, -0.2) is 44.2 Å². The van der Waals surface area contributed by atoms with Crippen molar-refractivity contribution in [3.05, 3.63) is 40.9 Å². The molecular weight excluding hydrogens is 306 g/mol. The number of hydrogen-bond donors (Lipinski definition) is 1. The lowest BCUT2D eigenvalue weighted by Gasteiger charge is -2.38. The minimum atomic E-state index is -0.964. The Morgan fingerprint density at radius 3 is 2.67 bits per heavy atom. The monoisotopic (exact) mass is 327 g/mol. The highest BCUT2D eigenvalue weighted by Gasteiger charge is 2.39. The topological polar surface area (TPSA) is 75.4 Å². The second-order valence-corrected chi connectivity index (χ2v) is 7.02. The standard InChI is InChI=1S/C18H21N3O3/c22-16(13-5-6-13)20-9-7-18(24,8-10-20)11-21-12-19-15-4-2-1-3-14(15)17(21)23/h1-4,12-13,24H,5-11H2. The third-order valence-electron chi connectivity index (χ3n) is 5.13. The van der Waals surface area contributed by atoms with E-state index in [0.717, 1.165) is 12.8 Å². The van der Waals surface area contributed by atoms with Crippen LogP contribution in [-0.2, 0) is 11.3 Å². The van der Waals surface area contributed by atoms with Gasteiger partial charge in [-0.05, 0) is 37.8 Å². The number of nitrogens with zero attached hydrogens (tertiary/aromatic N) is 3. The van der Waals surface area contributed by atoms with Crippen molar-refractivity contribution >= 4 is 16.8 Å². The highest BCUT2D eigenvalue weighted by molar-refractivity contribution is 5.81. The molecule has 6 nitrogen and oxygen atoms in total. The molecule has 0 unspecified atom stereocenters. The molecule has 0 atom stereocenters. The molecule has 1 aromatic heterocycles. The van der Waals surface area contributed by atoms with Crippen molar-refractivity contribution in [3.8, 4) is 0 Å². The summed E-state index contributed by atoms with van der Waals surface area (Å²) in [5, 5.41) is 11.4. The number of aromatic nitrogens is 2. The fourth-order valence-electron chi connectivity index (χ4n) is 3.43. The van der Waals surface area contributed by atoms with Crippen LogP contribution < -0.4 is 5.56 Å². The first-order valence-corrected chi connectivity index (χ1v) is 8.51. The van der Waals surface area contributed by atoms with Gasteiger partial charge in [-0.1, -0.05) is 12.1 Å². The van der Waals surface area contributed by atoms with E-state index in [-0.39, 0.29) is 23.9 Å². The minimum absolute atomic E-state index is 0.134. The average Bonchev–Trinajstić information content (AvgIpc) is 3.43. The van der Waals surface area contributed by atoms with Gasteiger partial charge in [0, 0.05) is 19.0 Å². The van der Waals surface area contributed by atoms with Gasteiger partial charge in [-0.25, -0.2) is 4.98 Å². The number of para-hydroxylation sites is 1. The summed E-state index contributed by atoms with van der Waals surface area (Å²) in [6.07, 6.45) is 4.48. The van der Waals surface area contributed by atoms with E-state index < -0.39 is 5.60 Å². The lowest BCUT2D eigenvalue weighted by atomic mass is 9.91. The van der Waals surface area contributed by atoms with Crippen molar-refractivity contribution in [1.82, 2.24) is 14.5 Å². The number of piperidine rings is 1. The third kappa shape index (κ3) is 2.82. The van der Waals surface area contributed by atoms with E-state index in [1.807, 2.05) is 17.0 Å². The summed E-state index contributed by atoms with van der Waals surface area (Å²) in [7, 11) is 0. The highest BCUT2D eigenvalue weighted by Crippen LogP contribution is 2.33. The summed E-state index contributed by atoms with van der Waals surface area (Å²) in [6, 6.07) is 7.21. The molecule has 1 N–H and O–H groups in total. The first kappa shape index (κ1) is 15.3. The molecule has 4 rings (SSSR count). The van der Waals surface area contributed by atoms with Crippen LogP contribution in [0.25, 0.3) is 10.9 Å². The molecule has 1 saturated carbocycles. The van der Waals surface area contributed by atoms with Gasteiger partial charge in [0.15, 0.2) is 0 Å². The van der Waals surface area contributed by atoms with Gasteiger partial charge >= 0.3 is 0 Å². The Labute approximate surface area is 139 Å². The first-order chi connectivity index (χ1) is 11.6. The third-order valence-corrected chi connectivity index (χ3v) is 5.13. The zero-order valence-electron chi connectivity index (χ0n) is 13.5. The Hall–Kier alpha value is -2.21. The Kier molecular flexibility index (Phi) is 3.64. The summed E-state index contributed by atoms with van der Waals surface area (Å²) in [4.78, 5) is 30.8. The number of aliphatic hydroxyl groups is 1. The molecule has 2 aliphatic rings. The van der Waals surface area contributed by atoms with Crippen molar-refractivity contribution in [1.29, 1.82) is 0 Å². The van der Waals surface area contributed by atoms with E-state index >= 15 is 0 Å². The van der Waals surface area contributed by atoms with E-state index in [1.54, 1.807) is 12.1 Å². The first-order valence-electron chi connectivity index (χ1n) is 8.51. The Bertz CT molecular complexity index is 833. The Morgan fingerprint density at radius 2 is 1.96 bits per heavy atom. The number of benzene rings is 1. The fraction of sp³-hybridized carbons (Fsp3) is 0.500. The van der Waals surface area contributed by atoms with Crippen LogP contribution in [0.5, 0.6) is 0 Å². The van der Waals surface area contributed by atoms with Crippen LogP contribution >= 0.6 is 0 Å². The number of fused-ring (bicyclic) bond motifs is 1. The van der Waals surface area contributed by atoms with Crippen molar-refractivity contribution in [2.24, 2.45) is 5.92 Å². The molecule has 0 bridgehead atoms. The predicted molar refractivity (Wildman–Crippen MR) is 89.5 cm³/mol. The van der Waals surface area contributed by atoms with Crippen molar-refractivity contribution < 1.29 is 9.90 Å². The molecule has 1 amide bonds. The van der Waals surface area contributed by atoms with Gasteiger partial charge in [0.25, 0.3) is 5.56 Å². The highest BCUT2D eigenvalue weighted by atomic mass is 16.3. The van der Waals surface area contributed by atoms with Gasteiger partial charge < -0.3 is 10.0 Å². The van der Waals surface area contributed by atoms with Crippen LogP contribution in [0.1, 0.15) is 25.7 Å². The Morgan fingerprint density at radius 1 is 1.25 bits per heavy atom. The van der Waals surface area contributed by atoms with E-state index in [0.29, 0.717) is 36.8 Å². The molecule has 2 fully saturated rings. The van der Waals surface area contributed by atoms with E-state index in [4.69, 9.17) is 0 Å². The van der Waals surface area contributed by atoms with Gasteiger partial charge in [0.05, 0.1) is 29.4 Å². The van der Waals surface area contributed by atoms with Gasteiger partial charge in [0.2, 0.25) is 5.91 Å². The molecular formula is C18H21N3O3. The van der Waals surface area contributed by atoms with Crippen LogP contribution in [0.3, 0.4) is 0 Å². The van der Waals surface area contributed by atoms with Crippen LogP contribution in [0.4, 0.5) is 0 Å². The van der Waals surface area contributed by atoms with E-state index in [9.17, 15) is 14.7 Å². The van der Waals surface area contributed by atoms with Gasteiger partial charge in [-0.15, -0.1) is 0 Å².